The van der Waals surface area contributed by atoms with Crippen LogP contribution in [0.3, 0.4) is 0 Å². The van der Waals surface area contributed by atoms with Gasteiger partial charge in [0.1, 0.15) is 0 Å². The van der Waals surface area contributed by atoms with Gasteiger partial charge in [-0.05, 0) is 0 Å². The minimum absolute atomic E-state index is 0. The molecule has 4 unspecified atom stereocenters. The summed E-state index contributed by atoms with van der Waals surface area (Å²) < 4.78 is 1.18. The molecule has 0 bridgehead atoms. The minimum atomic E-state index is -2.24. The first kappa shape index (κ1) is 33.9. The second-order valence-electron chi connectivity index (χ2n) is 12.3. The molecule has 224 valence electrons. The van der Waals surface area contributed by atoms with Gasteiger partial charge in [0.2, 0.25) is 0 Å². The molecule has 0 saturated carbocycles. The molecule has 0 spiro atoms. The van der Waals surface area contributed by atoms with Crippen LogP contribution in [0.2, 0.25) is 18.8 Å². The van der Waals surface area contributed by atoms with Crippen LogP contribution < -0.4 is 24.8 Å². The summed E-state index contributed by atoms with van der Waals surface area (Å²) in [7, 11) is -1.34. The first-order chi connectivity index (χ1) is 21.1. The number of halogens is 2. The van der Waals surface area contributed by atoms with Gasteiger partial charge in [-0.25, -0.2) is 0 Å². The van der Waals surface area contributed by atoms with Gasteiger partial charge in [0.15, 0.2) is 0 Å². The van der Waals surface area contributed by atoms with Crippen LogP contribution in [0.4, 0.5) is 0 Å². The van der Waals surface area contributed by atoms with Crippen molar-refractivity contribution in [2.45, 2.75) is 37.5 Å². The molecule has 45 heavy (non-hydrogen) atoms. The molecule has 0 radical (unpaired) electrons. The van der Waals surface area contributed by atoms with Gasteiger partial charge in [-0.15, -0.1) is 0 Å². The zero-order valence-electron chi connectivity index (χ0n) is 26.0. The summed E-state index contributed by atoms with van der Waals surface area (Å²) in [6.45, 7) is 2.45. The molecule has 0 nitrogen and oxygen atoms in total. The van der Waals surface area contributed by atoms with E-state index in [1.807, 2.05) is 0 Å². The van der Waals surface area contributed by atoms with Crippen LogP contribution in [0, 0.1) is 0 Å². The van der Waals surface area contributed by atoms with E-state index < -0.39 is 28.6 Å². The molecule has 0 heterocycles. The van der Waals surface area contributed by atoms with Gasteiger partial charge >= 0.3 is 268 Å². The maximum absolute atomic E-state index is 2.70. The van der Waals surface area contributed by atoms with Crippen molar-refractivity contribution in [1.82, 2.24) is 0 Å². The van der Waals surface area contributed by atoms with Crippen molar-refractivity contribution in [3.63, 3.8) is 0 Å². The summed E-state index contributed by atoms with van der Waals surface area (Å²) >= 11 is -2.24. The third-order valence-electron chi connectivity index (χ3n) is 9.42. The van der Waals surface area contributed by atoms with Gasteiger partial charge < -0.3 is 24.8 Å². The molecule has 3 aromatic carbocycles. The minimum Gasteiger partial charge on any atom is -1.00 e. The smallest absolute Gasteiger partial charge is 1.00 e. The van der Waals surface area contributed by atoms with Crippen molar-refractivity contribution >= 4 is 15.5 Å². The van der Waals surface area contributed by atoms with E-state index in [4.69, 9.17) is 0 Å². The van der Waals surface area contributed by atoms with Gasteiger partial charge in [-0.3, -0.25) is 0 Å². The number of allylic oxidation sites excluding steroid dienone is 16. The second kappa shape index (κ2) is 15.0. The van der Waals surface area contributed by atoms with E-state index in [9.17, 15) is 0 Å². The number of benzene rings is 3. The summed E-state index contributed by atoms with van der Waals surface area (Å²) in [6, 6.07) is 33.6. The molecule has 3 aromatic rings. The largest absolute Gasteiger partial charge is 1.00 e. The third-order valence-corrected chi connectivity index (χ3v) is 40.2. The van der Waals surface area contributed by atoms with Gasteiger partial charge in [-0.1, -0.05) is 0 Å². The van der Waals surface area contributed by atoms with Crippen molar-refractivity contribution in [3.8, 4) is 0 Å². The summed E-state index contributed by atoms with van der Waals surface area (Å²) in [6.07, 6.45) is 24.2. The zero-order valence-corrected chi connectivity index (χ0v) is 32.1. The average Bonchev–Trinajstić information content (AvgIpc) is 3.36. The molecule has 0 N–H and O–H groups in total. The Morgan fingerprint density at radius 3 is 1.51 bits per heavy atom. The third kappa shape index (κ3) is 6.57. The number of rotatable bonds is 5. The molecule has 7 rings (SSSR count). The van der Waals surface area contributed by atoms with Crippen LogP contribution in [-0.4, -0.2) is 9.98 Å². The molecule has 4 heteroatoms. The first-order valence-electron chi connectivity index (χ1n) is 15.5. The number of hydrogen-bond acceptors (Lipinski definition) is 0. The van der Waals surface area contributed by atoms with Gasteiger partial charge in [-0.2, -0.15) is 0 Å². The van der Waals surface area contributed by atoms with Crippen molar-refractivity contribution < 1.29 is 43.4 Å². The van der Waals surface area contributed by atoms with E-state index in [1.54, 1.807) is 22.3 Å². The van der Waals surface area contributed by atoms with Crippen molar-refractivity contribution in [2.24, 2.45) is 0 Å². The molecule has 0 aliphatic heterocycles. The molecule has 4 aliphatic carbocycles. The van der Waals surface area contributed by atoms with Crippen molar-refractivity contribution in [3.05, 3.63) is 196 Å². The Morgan fingerprint density at radius 2 is 1.00 bits per heavy atom. The Balaban J connectivity index is 0.00000200. The summed E-state index contributed by atoms with van der Waals surface area (Å²) in [5, 5.41) is 0. The first-order valence-corrected chi connectivity index (χ1v) is 30.0. The van der Waals surface area contributed by atoms with E-state index >= 15 is 0 Å². The van der Waals surface area contributed by atoms with Gasteiger partial charge in [0.05, 0.1) is 0 Å². The second-order valence-corrected chi connectivity index (χ2v) is 41.5. The Labute approximate surface area is 290 Å². The van der Waals surface area contributed by atoms with Crippen LogP contribution >= 0.6 is 0 Å². The van der Waals surface area contributed by atoms with Gasteiger partial charge in [0, 0.05) is 0 Å². The van der Waals surface area contributed by atoms with Crippen molar-refractivity contribution in [1.29, 1.82) is 0 Å². The topological polar surface area (TPSA) is 0 Å². The molecular formula is C41H38Cl2GeZr. The monoisotopic (exact) mass is 764 g/mol. The van der Waals surface area contributed by atoms with Crippen LogP contribution in [0.15, 0.2) is 180 Å². The molecule has 0 aromatic heterocycles. The fraction of sp³-hybridized carbons (Fsp3) is 0.171. The van der Waals surface area contributed by atoms with E-state index in [1.165, 1.54) is 27.8 Å². The molecule has 4 aliphatic rings. The Bertz CT molecular complexity index is 1830. The SMILES string of the molecule is CC1=CC2=C(C=CC=CC2c2ccccc2)[CH]1[Zr+2]([CH]1C(c2ccccc2)=CC2=C1C=CC=CC2c1ccccc1)=[Ge]([CH3])[CH3].[Cl-].[Cl-]. The Morgan fingerprint density at radius 1 is 0.533 bits per heavy atom. The van der Waals surface area contributed by atoms with Crippen LogP contribution in [0.1, 0.15) is 35.4 Å². The number of hydrogen-bond donors (Lipinski definition) is 0. The molecule has 0 amide bonds. The standard InChI is InChI=1S/C22H17.C17H15.C2H6Ge.2ClH.Zr/c1-3-9-17(10-4-1)20-15-19-13-7-8-14-21(22(19)16-20)18-11-5-2-6-12-18;1-13-11-15-9-5-6-10-16(17(15)12-13)14-7-3-2-4-8-14;1-3-2;;;/h1-16,21H;2-12,16H,1H3;1-2H3;2*1H;/q;;;;;+2/p-2. The van der Waals surface area contributed by atoms with Gasteiger partial charge in [0.25, 0.3) is 0 Å². The van der Waals surface area contributed by atoms with E-state index in [2.05, 4.69) is 170 Å². The summed E-state index contributed by atoms with van der Waals surface area (Å²) in [5.74, 6) is 6.00. The quantitative estimate of drug-likeness (QED) is 0.325. The predicted molar refractivity (Wildman–Crippen MR) is 182 cm³/mol. The van der Waals surface area contributed by atoms with Crippen LogP contribution in [0.5, 0.6) is 0 Å². The fourth-order valence-electron chi connectivity index (χ4n) is 7.57. The van der Waals surface area contributed by atoms with Crippen LogP contribution in [-0.2, 0) is 18.6 Å². The molecule has 0 fully saturated rings. The normalized spacial score (nSPS) is 22.6. The Kier molecular flexibility index (Phi) is 11.3. The van der Waals surface area contributed by atoms with E-state index in [0.717, 1.165) is 0 Å². The average molecular weight is 765 g/mol. The van der Waals surface area contributed by atoms with Crippen molar-refractivity contribution in [2.75, 3.05) is 0 Å². The Hall–Kier alpha value is -2.41. The summed E-state index contributed by atoms with van der Waals surface area (Å²) in [5.41, 5.74) is 13.7. The zero-order chi connectivity index (χ0) is 29.3. The molecular weight excluding hydrogens is 727 g/mol. The maximum atomic E-state index is 2.70. The van der Waals surface area contributed by atoms with E-state index in [0.29, 0.717) is 13.2 Å². The summed E-state index contributed by atoms with van der Waals surface area (Å²) in [4.78, 5) is 0. The molecule has 0 saturated heterocycles. The predicted octanol–water partition coefficient (Wildman–Crippen LogP) is 4.91. The fourth-order valence-corrected chi connectivity index (χ4v) is 40.0. The van der Waals surface area contributed by atoms with E-state index in [-0.39, 0.29) is 30.7 Å². The maximum Gasteiger partial charge on any atom is -1.00 e. The molecule has 4 atom stereocenters. The van der Waals surface area contributed by atoms with Crippen LogP contribution in [0.25, 0.3) is 5.57 Å².